The van der Waals surface area contributed by atoms with E-state index in [2.05, 4.69) is 4.72 Å². The van der Waals surface area contributed by atoms with Gasteiger partial charge in [0.05, 0.1) is 4.90 Å². The summed E-state index contributed by atoms with van der Waals surface area (Å²) in [6.45, 7) is 0.660. The zero-order valence-corrected chi connectivity index (χ0v) is 15.3. The highest BCUT2D eigenvalue weighted by molar-refractivity contribution is 7.89. The quantitative estimate of drug-likeness (QED) is 0.808. The van der Waals surface area contributed by atoms with Crippen LogP contribution in [0, 0.1) is 11.7 Å². The van der Waals surface area contributed by atoms with Gasteiger partial charge in [-0.1, -0.05) is 18.2 Å². The number of nitrogens with one attached hydrogen (secondary N) is 1. The van der Waals surface area contributed by atoms with Crippen molar-refractivity contribution in [2.75, 3.05) is 13.6 Å². The summed E-state index contributed by atoms with van der Waals surface area (Å²) in [6.07, 6.45) is 2.10. The minimum absolute atomic E-state index is 0.0724. The molecule has 1 amide bonds. The van der Waals surface area contributed by atoms with Crippen LogP contribution in [0.25, 0.3) is 0 Å². The zero-order chi connectivity index (χ0) is 18.7. The van der Waals surface area contributed by atoms with Crippen LogP contribution in [0.1, 0.15) is 28.8 Å². The summed E-state index contributed by atoms with van der Waals surface area (Å²) in [7, 11) is -2.03. The largest absolute Gasteiger partial charge is 0.337 e. The predicted octanol–water partition coefficient (Wildman–Crippen LogP) is 2.79. The van der Waals surface area contributed by atoms with Crippen LogP contribution in [0.5, 0.6) is 0 Å². The second-order valence-electron chi connectivity index (χ2n) is 6.61. The SMILES string of the molecule is CN(Cc1cccc(F)c1)C(=O)c1cccc(S(=O)(=O)NCC2CC2)c1. The molecule has 0 bridgehead atoms. The molecule has 0 atom stereocenters. The van der Waals surface area contributed by atoms with Crippen LogP contribution in [0.4, 0.5) is 4.39 Å². The van der Waals surface area contributed by atoms with E-state index in [9.17, 15) is 17.6 Å². The molecule has 7 heteroatoms. The van der Waals surface area contributed by atoms with Crippen molar-refractivity contribution in [2.45, 2.75) is 24.3 Å². The Bertz CT molecular complexity index is 911. The molecule has 0 unspecified atom stereocenters. The van der Waals surface area contributed by atoms with E-state index < -0.39 is 10.0 Å². The number of amides is 1. The molecule has 0 aliphatic heterocycles. The Balaban J connectivity index is 1.72. The molecule has 0 heterocycles. The van der Waals surface area contributed by atoms with Crippen LogP contribution in [-0.2, 0) is 16.6 Å². The lowest BCUT2D eigenvalue weighted by molar-refractivity contribution is 0.0784. The standard InChI is InChI=1S/C19H21FN2O3S/c1-22(13-15-4-2-6-17(20)10-15)19(23)16-5-3-7-18(11-16)26(24,25)21-12-14-8-9-14/h2-7,10-11,14,21H,8-9,12-13H2,1H3. The van der Waals surface area contributed by atoms with Crippen molar-refractivity contribution in [1.82, 2.24) is 9.62 Å². The fourth-order valence-electron chi connectivity index (χ4n) is 2.63. The van der Waals surface area contributed by atoms with E-state index in [4.69, 9.17) is 0 Å². The van der Waals surface area contributed by atoms with Crippen molar-refractivity contribution in [3.8, 4) is 0 Å². The molecule has 26 heavy (non-hydrogen) atoms. The topological polar surface area (TPSA) is 66.5 Å². The number of halogens is 1. The molecular weight excluding hydrogens is 355 g/mol. The van der Waals surface area contributed by atoms with Crippen LogP contribution in [0.15, 0.2) is 53.4 Å². The van der Waals surface area contributed by atoms with Gasteiger partial charge in [-0.3, -0.25) is 4.79 Å². The van der Waals surface area contributed by atoms with Crippen LogP contribution in [0.2, 0.25) is 0 Å². The van der Waals surface area contributed by atoms with Gasteiger partial charge in [0.15, 0.2) is 0 Å². The maximum atomic E-state index is 13.3. The van der Waals surface area contributed by atoms with Crippen molar-refractivity contribution in [2.24, 2.45) is 5.92 Å². The van der Waals surface area contributed by atoms with Gasteiger partial charge in [-0.05, 0) is 54.7 Å². The second-order valence-corrected chi connectivity index (χ2v) is 8.38. The van der Waals surface area contributed by atoms with E-state index in [1.807, 2.05) is 0 Å². The Morgan fingerprint density at radius 1 is 1.19 bits per heavy atom. The first kappa shape index (κ1) is 18.5. The molecule has 1 saturated carbocycles. The van der Waals surface area contributed by atoms with Gasteiger partial charge in [0.25, 0.3) is 5.91 Å². The van der Waals surface area contributed by atoms with E-state index in [0.29, 0.717) is 18.0 Å². The first-order chi connectivity index (χ1) is 12.3. The van der Waals surface area contributed by atoms with Gasteiger partial charge in [0, 0.05) is 25.7 Å². The minimum atomic E-state index is -3.63. The normalized spacial score (nSPS) is 14.2. The van der Waals surface area contributed by atoms with Crippen molar-refractivity contribution in [3.05, 3.63) is 65.5 Å². The fraction of sp³-hybridized carbons (Fsp3) is 0.316. The predicted molar refractivity (Wildman–Crippen MR) is 96.6 cm³/mol. The summed E-state index contributed by atoms with van der Waals surface area (Å²) < 4.78 is 40.6. The van der Waals surface area contributed by atoms with E-state index in [1.54, 1.807) is 31.3 Å². The Morgan fingerprint density at radius 2 is 1.92 bits per heavy atom. The molecule has 0 saturated heterocycles. The number of rotatable bonds is 7. The molecule has 3 rings (SSSR count). The van der Waals surface area contributed by atoms with Crippen molar-refractivity contribution < 1.29 is 17.6 Å². The van der Waals surface area contributed by atoms with E-state index in [1.165, 1.54) is 29.2 Å². The Hall–Kier alpha value is -2.25. The van der Waals surface area contributed by atoms with E-state index >= 15 is 0 Å². The third-order valence-electron chi connectivity index (χ3n) is 4.31. The third kappa shape index (κ3) is 4.68. The summed E-state index contributed by atoms with van der Waals surface area (Å²) >= 11 is 0. The average Bonchev–Trinajstić information content (AvgIpc) is 3.44. The average molecular weight is 376 g/mol. The fourth-order valence-corrected chi connectivity index (χ4v) is 3.79. The number of carbonyl (C=O) groups excluding carboxylic acids is 1. The summed E-state index contributed by atoms with van der Waals surface area (Å²) in [5.74, 6) is -0.265. The lowest BCUT2D eigenvalue weighted by Gasteiger charge is -2.18. The van der Waals surface area contributed by atoms with Crippen molar-refractivity contribution in [3.63, 3.8) is 0 Å². The van der Waals surface area contributed by atoms with Crippen LogP contribution >= 0.6 is 0 Å². The number of nitrogens with zero attached hydrogens (tertiary/aromatic N) is 1. The van der Waals surface area contributed by atoms with Gasteiger partial charge in [-0.15, -0.1) is 0 Å². The van der Waals surface area contributed by atoms with Crippen LogP contribution in [0.3, 0.4) is 0 Å². The number of sulfonamides is 1. The second kappa shape index (κ2) is 7.55. The van der Waals surface area contributed by atoms with Crippen LogP contribution < -0.4 is 4.72 Å². The van der Waals surface area contributed by atoms with Gasteiger partial charge in [0.1, 0.15) is 5.82 Å². The maximum absolute atomic E-state index is 13.3. The van der Waals surface area contributed by atoms with Crippen LogP contribution in [-0.4, -0.2) is 32.8 Å². The lowest BCUT2D eigenvalue weighted by atomic mass is 10.1. The smallest absolute Gasteiger partial charge is 0.253 e. The summed E-state index contributed by atoms with van der Waals surface area (Å²) in [5.41, 5.74) is 0.939. The maximum Gasteiger partial charge on any atom is 0.253 e. The minimum Gasteiger partial charge on any atom is -0.337 e. The third-order valence-corrected chi connectivity index (χ3v) is 5.73. The van der Waals surface area contributed by atoms with Gasteiger partial charge in [-0.25, -0.2) is 17.5 Å². The molecule has 1 N–H and O–H groups in total. The first-order valence-corrected chi connectivity index (χ1v) is 9.93. The molecule has 2 aromatic carbocycles. The first-order valence-electron chi connectivity index (χ1n) is 8.45. The van der Waals surface area contributed by atoms with Crippen molar-refractivity contribution >= 4 is 15.9 Å². The van der Waals surface area contributed by atoms with E-state index in [0.717, 1.165) is 12.8 Å². The number of hydrogen-bond donors (Lipinski definition) is 1. The number of benzene rings is 2. The summed E-state index contributed by atoms with van der Waals surface area (Å²) in [5, 5.41) is 0. The molecule has 138 valence electrons. The highest BCUT2D eigenvalue weighted by Crippen LogP contribution is 2.28. The Morgan fingerprint density at radius 3 is 2.62 bits per heavy atom. The highest BCUT2D eigenvalue weighted by atomic mass is 32.2. The molecule has 0 spiro atoms. The molecule has 0 radical (unpaired) electrons. The molecule has 1 aliphatic carbocycles. The van der Waals surface area contributed by atoms with Gasteiger partial charge in [-0.2, -0.15) is 0 Å². The van der Waals surface area contributed by atoms with E-state index in [-0.39, 0.29) is 28.7 Å². The highest BCUT2D eigenvalue weighted by Gasteiger charge is 2.25. The molecule has 2 aromatic rings. The zero-order valence-electron chi connectivity index (χ0n) is 14.5. The number of carbonyl (C=O) groups is 1. The van der Waals surface area contributed by atoms with Gasteiger partial charge < -0.3 is 4.90 Å². The number of hydrogen-bond acceptors (Lipinski definition) is 3. The van der Waals surface area contributed by atoms with Gasteiger partial charge >= 0.3 is 0 Å². The van der Waals surface area contributed by atoms with Gasteiger partial charge in [0.2, 0.25) is 10.0 Å². The molecule has 1 aliphatic rings. The Labute approximate surface area is 152 Å². The molecule has 5 nitrogen and oxygen atoms in total. The summed E-state index contributed by atoms with van der Waals surface area (Å²) in [6, 6.07) is 12.0. The molecule has 1 fully saturated rings. The summed E-state index contributed by atoms with van der Waals surface area (Å²) in [4.78, 5) is 14.1. The molecule has 0 aromatic heterocycles. The monoisotopic (exact) mass is 376 g/mol. The van der Waals surface area contributed by atoms with Crippen molar-refractivity contribution in [1.29, 1.82) is 0 Å². The molecular formula is C19H21FN2O3S. The Kier molecular flexibility index (Phi) is 5.38. The lowest BCUT2D eigenvalue weighted by Crippen LogP contribution is -2.28.